The fourth-order valence-electron chi connectivity index (χ4n) is 6.07. The molecule has 0 unspecified atom stereocenters. The van der Waals surface area contributed by atoms with Crippen molar-refractivity contribution in [2.24, 2.45) is 0 Å². The Kier molecular flexibility index (Phi) is 7.51. The Morgan fingerprint density at radius 2 is 1.46 bits per heavy atom. The van der Waals surface area contributed by atoms with Gasteiger partial charge in [-0.2, -0.15) is 0 Å². The Balaban J connectivity index is 1.63. The summed E-state index contributed by atoms with van der Waals surface area (Å²) in [5.74, 6) is 0.0667. The number of hydrogen-bond acceptors (Lipinski definition) is 4. The molecule has 204 valence electrons. The van der Waals surface area contributed by atoms with E-state index < -0.39 is 11.5 Å². The molecule has 0 radical (unpaired) electrons. The first-order valence-electron chi connectivity index (χ1n) is 14.1. The quantitative estimate of drug-likeness (QED) is 0.198. The van der Waals surface area contributed by atoms with Crippen LogP contribution in [0.4, 0.5) is 0 Å². The van der Waals surface area contributed by atoms with E-state index in [-0.39, 0.29) is 0 Å². The largest absolute Gasteiger partial charge is 0.481 e. The third-order valence-electron chi connectivity index (χ3n) is 8.04. The number of fused-ring (bicyclic) bond motifs is 2. The number of hydrogen-bond donors (Lipinski definition) is 2. The van der Waals surface area contributed by atoms with Crippen molar-refractivity contribution in [2.45, 2.75) is 17.9 Å². The maximum Gasteiger partial charge on any atom is 0.217 e. The summed E-state index contributed by atoms with van der Waals surface area (Å²) < 4.78 is 5.96. The predicted molar refractivity (Wildman–Crippen MR) is 168 cm³/mol. The fraction of sp³-hybridized carbons (Fsp3) is 0.162. The van der Waals surface area contributed by atoms with Gasteiger partial charge in [0.15, 0.2) is 0 Å². The van der Waals surface area contributed by atoms with Crippen LogP contribution in [0.1, 0.15) is 29.0 Å². The standard InChI is InChI=1S/C37H34N2O2/c1-38-23-22-37(40,33-19-11-17-27-14-9-10-18-31(27)33)35(28-15-7-4-8-16-28)32-25-30-24-29(26-12-5-3-6-13-26)20-21-34(30)39-36(32)41-2/h3-21,24-25,35,38,40H,22-23H2,1-2H3/t35-,37+/m1/s1. The molecule has 5 aromatic carbocycles. The average Bonchev–Trinajstić information content (AvgIpc) is 3.04. The molecule has 4 heteroatoms. The van der Waals surface area contributed by atoms with Crippen LogP contribution in [0.2, 0.25) is 0 Å². The van der Waals surface area contributed by atoms with E-state index in [4.69, 9.17) is 9.72 Å². The highest BCUT2D eigenvalue weighted by Gasteiger charge is 2.43. The van der Waals surface area contributed by atoms with Gasteiger partial charge in [-0.15, -0.1) is 0 Å². The molecule has 0 saturated heterocycles. The van der Waals surface area contributed by atoms with E-state index in [0.29, 0.717) is 18.8 Å². The monoisotopic (exact) mass is 538 g/mol. The summed E-state index contributed by atoms with van der Waals surface area (Å²) in [6.45, 7) is 0.629. The molecule has 4 nitrogen and oxygen atoms in total. The molecular weight excluding hydrogens is 504 g/mol. The summed E-state index contributed by atoms with van der Waals surface area (Å²) in [5.41, 5.74) is 4.58. The minimum Gasteiger partial charge on any atom is -0.481 e. The van der Waals surface area contributed by atoms with Crippen molar-refractivity contribution in [2.75, 3.05) is 20.7 Å². The lowest BCUT2D eigenvalue weighted by Crippen LogP contribution is -2.37. The first-order valence-corrected chi connectivity index (χ1v) is 14.1. The molecule has 1 aromatic heterocycles. The van der Waals surface area contributed by atoms with Crippen LogP contribution in [-0.4, -0.2) is 30.8 Å². The molecule has 6 rings (SSSR count). The topological polar surface area (TPSA) is 54.4 Å². The smallest absolute Gasteiger partial charge is 0.217 e. The summed E-state index contributed by atoms with van der Waals surface area (Å²) >= 11 is 0. The molecule has 2 atom stereocenters. The van der Waals surface area contributed by atoms with Gasteiger partial charge in [0.2, 0.25) is 5.88 Å². The number of rotatable bonds is 9. The van der Waals surface area contributed by atoms with E-state index in [0.717, 1.165) is 49.5 Å². The van der Waals surface area contributed by atoms with Crippen molar-refractivity contribution in [3.05, 3.63) is 144 Å². The zero-order valence-electron chi connectivity index (χ0n) is 23.4. The Morgan fingerprint density at radius 3 is 2.22 bits per heavy atom. The van der Waals surface area contributed by atoms with Crippen molar-refractivity contribution < 1.29 is 9.84 Å². The summed E-state index contributed by atoms with van der Waals surface area (Å²) in [5, 5.41) is 19.5. The number of aromatic nitrogens is 1. The minimum atomic E-state index is -1.27. The molecule has 6 aromatic rings. The van der Waals surface area contributed by atoms with Crippen molar-refractivity contribution >= 4 is 21.7 Å². The zero-order chi connectivity index (χ0) is 28.2. The summed E-state index contributed by atoms with van der Waals surface area (Å²) in [4.78, 5) is 4.98. The lowest BCUT2D eigenvalue weighted by atomic mass is 9.70. The van der Waals surface area contributed by atoms with E-state index in [1.54, 1.807) is 7.11 Å². The van der Waals surface area contributed by atoms with Crippen LogP contribution in [-0.2, 0) is 5.60 Å². The second kappa shape index (κ2) is 11.5. The minimum absolute atomic E-state index is 0.449. The predicted octanol–water partition coefficient (Wildman–Crippen LogP) is 7.69. The average molecular weight is 539 g/mol. The summed E-state index contributed by atoms with van der Waals surface area (Å²) in [7, 11) is 3.58. The molecule has 0 fully saturated rings. The van der Waals surface area contributed by atoms with E-state index in [1.807, 2.05) is 55.6 Å². The second-order valence-electron chi connectivity index (χ2n) is 10.5. The summed E-state index contributed by atoms with van der Waals surface area (Å²) in [6.07, 6.45) is 0.488. The third kappa shape index (κ3) is 5.08. The Hall–Kier alpha value is -4.51. The molecule has 0 aliphatic heterocycles. The molecular formula is C37H34N2O2. The Bertz CT molecular complexity index is 1780. The number of benzene rings is 5. The van der Waals surface area contributed by atoms with Gasteiger partial charge < -0.3 is 15.2 Å². The van der Waals surface area contributed by atoms with E-state index in [2.05, 4.69) is 84.2 Å². The van der Waals surface area contributed by atoms with Gasteiger partial charge in [-0.3, -0.25) is 0 Å². The number of nitrogens with zero attached hydrogens (tertiary/aromatic N) is 1. The van der Waals surface area contributed by atoms with Crippen LogP contribution in [0.5, 0.6) is 5.88 Å². The van der Waals surface area contributed by atoms with E-state index in [1.165, 1.54) is 0 Å². The third-order valence-corrected chi connectivity index (χ3v) is 8.04. The van der Waals surface area contributed by atoms with Crippen LogP contribution in [0.25, 0.3) is 32.8 Å². The van der Waals surface area contributed by atoms with Crippen LogP contribution in [0.15, 0.2) is 127 Å². The fourth-order valence-corrected chi connectivity index (χ4v) is 6.07. The molecule has 0 saturated carbocycles. The van der Waals surface area contributed by atoms with Gasteiger partial charge in [-0.1, -0.05) is 109 Å². The maximum atomic E-state index is 13.1. The van der Waals surface area contributed by atoms with Crippen molar-refractivity contribution in [1.82, 2.24) is 10.3 Å². The van der Waals surface area contributed by atoms with Crippen LogP contribution in [0, 0.1) is 0 Å². The van der Waals surface area contributed by atoms with Crippen molar-refractivity contribution in [1.29, 1.82) is 0 Å². The van der Waals surface area contributed by atoms with Gasteiger partial charge in [-0.25, -0.2) is 4.98 Å². The van der Waals surface area contributed by atoms with Gasteiger partial charge in [0.05, 0.1) is 12.6 Å². The first kappa shape index (κ1) is 26.7. The van der Waals surface area contributed by atoms with Crippen LogP contribution < -0.4 is 10.1 Å². The van der Waals surface area contributed by atoms with E-state index in [9.17, 15) is 5.11 Å². The molecule has 2 N–H and O–H groups in total. The lowest BCUT2D eigenvalue weighted by Gasteiger charge is -2.39. The number of pyridine rings is 1. The van der Waals surface area contributed by atoms with Gasteiger partial charge >= 0.3 is 0 Å². The van der Waals surface area contributed by atoms with E-state index >= 15 is 0 Å². The van der Waals surface area contributed by atoms with Crippen LogP contribution in [0.3, 0.4) is 0 Å². The first-order chi connectivity index (χ1) is 20.1. The molecule has 0 amide bonds. The second-order valence-corrected chi connectivity index (χ2v) is 10.5. The highest BCUT2D eigenvalue weighted by atomic mass is 16.5. The van der Waals surface area contributed by atoms with Crippen molar-refractivity contribution in [3.63, 3.8) is 0 Å². The van der Waals surface area contributed by atoms with Gasteiger partial charge in [0.25, 0.3) is 0 Å². The van der Waals surface area contributed by atoms with Gasteiger partial charge in [-0.05, 0) is 71.2 Å². The number of ether oxygens (including phenoxy) is 1. The summed E-state index contributed by atoms with van der Waals surface area (Å²) in [6, 6.07) is 43.5. The molecule has 0 bridgehead atoms. The number of nitrogens with one attached hydrogen (secondary N) is 1. The number of aliphatic hydroxyl groups is 1. The zero-order valence-corrected chi connectivity index (χ0v) is 23.4. The molecule has 0 spiro atoms. The molecule has 1 heterocycles. The lowest BCUT2D eigenvalue weighted by molar-refractivity contribution is 0.0118. The van der Waals surface area contributed by atoms with Gasteiger partial charge in [0.1, 0.15) is 5.60 Å². The van der Waals surface area contributed by atoms with Gasteiger partial charge in [0, 0.05) is 16.9 Å². The highest BCUT2D eigenvalue weighted by Crippen LogP contribution is 2.48. The number of methoxy groups -OCH3 is 1. The van der Waals surface area contributed by atoms with Crippen molar-refractivity contribution in [3.8, 4) is 17.0 Å². The molecule has 0 aliphatic carbocycles. The normalized spacial score (nSPS) is 13.6. The maximum absolute atomic E-state index is 13.1. The Labute approximate surface area is 241 Å². The highest BCUT2D eigenvalue weighted by molar-refractivity contribution is 5.88. The Morgan fingerprint density at radius 1 is 0.756 bits per heavy atom. The molecule has 41 heavy (non-hydrogen) atoms. The van der Waals surface area contributed by atoms with Crippen LogP contribution >= 0.6 is 0 Å². The molecule has 0 aliphatic rings. The SMILES string of the molecule is CNCC[C@](O)(c1cccc2ccccc12)[C@H](c1ccccc1)c1cc2cc(-c3ccccc3)ccc2nc1OC.